The molecule has 1 aromatic carbocycles. The number of hydrogen-bond acceptors (Lipinski definition) is 4. The predicted molar refractivity (Wildman–Crippen MR) is 92.7 cm³/mol. The van der Waals surface area contributed by atoms with E-state index in [1.165, 1.54) is 0 Å². The number of benzene rings is 1. The van der Waals surface area contributed by atoms with Gasteiger partial charge < -0.3 is 15.6 Å². The lowest BCUT2D eigenvalue weighted by Gasteiger charge is -2.35. The molecule has 1 aromatic heterocycles. The zero-order valence-electron chi connectivity index (χ0n) is 14.0. The fourth-order valence-corrected chi connectivity index (χ4v) is 3.58. The van der Waals surface area contributed by atoms with Gasteiger partial charge >= 0.3 is 0 Å². The number of carbonyl (C=O) groups excluding carboxylic acids is 1. The molecule has 0 spiro atoms. The van der Waals surface area contributed by atoms with E-state index in [4.69, 9.17) is 10.5 Å². The summed E-state index contributed by atoms with van der Waals surface area (Å²) in [4.78, 5) is 15.7. The van der Waals surface area contributed by atoms with E-state index in [-0.39, 0.29) is 11.8 Å². The highest BCUT2D eigenvalue weighted by Gasteiger charge is 2.34. The van der Waals surface area contributed by atoms with Gasteiger partial charge in [0.15, 0.2) is 0 Å². The average molecular weight is 328 g/mol. The summed E-state index contributed by atoms with van der Waals surface area (Å²) in [6.07, 6.45) is 5.87. The highest BCUT2D eigenvalue weighted by Crippen LogP contribution is 2.35. The summed E-state index contributed by atoms with van der Waals surface area (Å²) >= 11 is 0. The van der Waals surface area contributed by atoms with Crippen molar-refractivity contribution < 1.29 is 14.6 Å². The van der Waals surface area contributed by atoms with E-state index >= 15 is 0 Å². The Labute approximate surface area is 141 Å². The lowest BCUT2D eigenvalue weighted by atomic mass is 9.76. The quantitative estimate of drug-likeness (QED) is 0.883. The molecule has 1 aliphatic rings. The van der Waals surface area contributed by atoms with Crippen molar-refractivity contribution in [3.05, 3.63) is 36.0 Å². The Morgan fingerprint density at radius 1 is 1.38 bits per heavy atom. The monoisotopic (exact) mass is 328 g/mol. The number of pyridine rings is 1. The molecule has 128 valence electrons. The second-order valence-corrected chi connectivity index (χ2v) is 6.75. The van der Waals surface area contributed by atoms with Crippen molar-refractivity contribution in [2.75, 3.05) is 7.11 Å². The number of hydrogen-bond donors (Lipinski definition) is 2. The van der Waals surface area contributed by atoms with Gasteiger partial charge in [-0.25, -0.2) is 0 Å². The van der Waals surface area contributed by atoms with Crippen LogP contribution in [0.4, 0.5) is 0 Å². The number of methoxy groups -OCH3 is 1. The molecule has 1 fully saturated rings. The number of fused-ring (bicyclic) bond motifs is 1. The van der Waals surface area contributed by atoms with Gasteiger partial charge in [0, 0.05) is 17.5 Å². The van der Waals surface area contributed by atoms with Crippen molar-refractivity contribution in [3.63, 3.8) is 0 Å². The summed E-state index contributed by atoms with van der Waals surface area (Å²) in [7, 11) is 1.65. The molecule has 1 saturated carbocycles. The maximum absolute atomic E-state index is 11.3. The second kappa shape index (κ2) is 6.77. The molecule has 0 radical (unpaired) electrons. The molecule has 1 heterocycles. The smallest absolute Gasteiger partial charge is 0.220 e. The van der Waals surface area contributed by atoms with Crippen LogP contribution >= 0.6 is 0 Å². The van der Waals surface area contributed by atoms with Crippen LogP contribution in [0.5, 0.6) is 5.75 Å². The third-order valence-electron chi connectivity index (χ3n) is 5.22. The maximum atomic E-state index is 11.3. The van der Waals surface area contributed by atoms with Gasteiger partial charge in [0.2, 0.25) is 5.91 Å². The fourth-order valence-electron chi connectivity index (χ4n) is 3.58. The van der Waals surface area contributed by atoms with Crippen LogP contribution in [0.25, 0.3) is 10.9 Å². The van der Waals surface area contributed by atoms with Crippen molar-refractivity contribution in [2.45, 2.75) is 44.1 Å². The molecule has 3 rings (SSSR count). The number of nitrogens with zero attached hydrogens (tertiary/aromatic N) is 1. The molecular formula is C19H24N2O3. The van der Waals surface area contributed by atoms with Crippen LogP contribution in [0.1, 0.15) is 37.7 Å². The largest absolute Gasteiger partial charge is 0.497 e. The number of rotatable bonds is 5. The van der Waals surface area contributed by atoms with Crippen molar-refractivity contribution >= 4 is 16.8 Å². The van der Waals surface area contributed by atoms with E-state index in [9.17, 15) is 9.90 Å². The summed E-state index contributed by atoms with van der Waals surface area (Å²) in [6.45, 7) is 0. The summed E-state index contributed by atoms with van der Waals surface area (Å²) < 4.78 is 5.30. The molecule has 3 N–H and O–H groups in total. The van der Waals surface area contributed by atoms with Crippen LogP contribution in [-0.2, 0) is 11.2 Å². The van der Waals surface area contributed by atoms with Crippen LogP contribution in [0, 0.1) is 5.92 Å². The second-order valence-electron chi connectivity index (χ2n) is 6.75. The van der Waals surface area contributed by atoms with Crippen molar-refractivity contribution in [2.24, 2.45) is 11.7 Å². The normalized spacial score (nSPS) is 24.0. The van der Waals surface area contributed by atoms with Crippen LogP contribution in [0.3, 0.4) is 0 Å². The first-order valence-corrected chi connectivity index (χ1v) is 8.44. The molecule has 0 atom stereocenters. The van der Waals surface area contributed by atoms with E-state index in [2.05, 4.69) is 4.98 Å². The number of nitrogens with two attached hydrogens (primary N) is 1. The number of aliphatic hydroxyl groups is 1. The lowest BCUT2D eigenvalue weighted by Crippen LogP contribution is -2.38. The first-order chi connectivity index (χ1) is 11.5. The van der Waals surface area contributed by atoms with Crippen LogP contribution < -0.4 is 10.5 Å². The van der Waals surface area contributed by atoms with Gasteiger partial charge in [0.05, 0.1) is 18.2 Å². The van der Waals surface area contributed by atoms with Crippen LogP contribution in [0.15, 0.2) is 30.5 Å². The third kappa shape index (κ3) is 3.51. The molecule has 24 heavy (non-hydrogen) atoms. The Bertz CT molecular complexity index is 736. The number of aryl methyl sites for hydroxylation is 1. The van der Waals surface area contributed by atoms with Gasteiger partial charge in [0.25, 0.3) is 0 Å². The zero-order valence-corrected chi connectivity index (χ0v) is 14.0. The van der Waals surface area contributed by atoms with Gasteiger partial charge in [0.1, 0.15) is 5.75 Å². The number of ether oxygens (including phenoxy) is 1. The molecule has 1 amide bonds. The Morgan fingerprint density at radius 3 is 2.79 bits per heavy atom. The fraction of sp³-hybridized carbons (Fsp3) is 0.474. The SMILES string of the molecule is COc1ccc2nccc(CC[C@]3(O)CC[C@@H](C(N)=O)CC3)c2c1. The lowest BCUT2D eigenvalue weighted by molar-refractivity contribution is -0.124. The molecule has 2 aromatic rings. The molecule has 5 heteroatoms. The van der Waals surface area contributed by atoms with Crippen molar-refractivity contribution in [1.29, 1.82) is 0 Å². The van der Waals surface area contributed by atoms with Crippen LogP contribution in [-0.4, -0.2) is 28.7 Å². The standard InChI is InChI=1S/C19H24N2O3/c1-24-15-2-3-17-16(12-15)13(7-11-21-17)4-8-19(23)9-5-14(6-10-19)18(20)22/h2-3,7,11-12,14,23H,4-6,8-10H2,1H3,(H2,20,22)/t14-,19+. The molecule has 0 saturated heterocycles. The van der Waals surface area contributed by atoms with E-state index in [0.717, 1.165) is 28.6 Å². The first kappa shape index (κ1) is 16.7. The summed E-state index contributed by atoms with van der Waals surface area (Å²) in [5.74, 6) is 0.470. The van der Waals surface area contributed by atoms with Crippen molar-refractivity contribution in [3.8, 4) is 5.75 Å². The molecular weight excluding hydrogens is 304 g/mol. The molecule has 0 aliphatic heterocycles. The van der Waals surface area contributed by atoms with E-state index in [1.807, 2.05) is 24.3 Å². The predicted octanol–water partition coefficient (Wildman–Crippen LogP) is 2.58. The van der Waals surface area contributed by atoms with E-state index in [1.54, 1.807) is 13.3 Å². The Balaban J connectivity index is 1.73. The van der Waals surface area contributed by atoms with Gasteiger partial charge in [-0.1, -0.05) is 0 Å². The van der Waals surface area contributed by atoms with Gasteiger partial charge in [-0.15, -0.1) is 0 Å². The number of amides is 1. The Morgan fingerprint density at radius 2 is 2.12 bits per heavy atom. The third-order valence-corrected chi connectivity index (χ3v) is 5.22. The molecule has 0 unspecified atom stereocenters. The van der Waals surface area contributed by atoms with Gasteiger partial charge in [-0.3, -0.25) is 9.78 Å². The van der Waals surface area contributed by atoms with Crippen LogP contribution in [0.2, 0.25) is 0 Å². The Kier molecular flexibility index (Phi) is 4.71. The van der Waals surface area contributed by atoms with E-state index in [0.29, 0.717) is 32.1 Å². The topological polar surface area (TPSA) is 85.4 Å². The maximum Gasteiger partial charge on any atom is 0.220 e. The number of carbonyl (C=O) groups is 1. The highest BCUT2D eigenvalue weighted by molar-refractivity contribution is 5.83. The van der Waals surface area contributed by atoms with E-state index < -0.39 is 5.60 Å². The Hall–Kier alpha value is -2.14. The first-order valence-electron chi connectivity index (χ1n) is 8.44. The van der Waals surface area contributed by atoms with Gasteiger partial charge in [-0.05, 0) is 68.4 Å². The highest BCUT2D eigenvalue weighted by atomic mass is 16.5. The summed E-state index contributed by atoms with van der Waals surface area (Å²) in [5, 5.41) is 11.9. The minimum absolute atomic E-state index is 0.0868. The molecule has 0 bridgehead atoms. The van der Waals surface area contributed by atoms with Gasteiger partial charge in [-0.2, -0.15) is 0 Å². The average Bonchev–Trinajstić information content (AvgIpc) is 2.60. The molecule has 1 aliphatic carbocycles. The van der Waals surface area contributed by atoms with Crippen molar-refractivity contribution in [1.82, 2.24) is 4.98 Å². The minimum Gasteiger partial charge on any atom is -0.497 e. The number of aromatic nitrogens is 1. The zero-order chi connectivity index (χ0) is 17.2. The molecule has 5 nitrogen and oxygen atoms in total. The summed E-state index contributed by atoms with van der Waals surface area (Å²) in [5.41, 5.74) is 6.75. The number of primary amides is 1. The minimum atomic E-state index is -0.708. The summed E-state index contributed by atoms with van der Waals surface area (Å²) in [6, 6.07) is 7.84.